The summed E-state index contributed by atoms with van der Waals surface area (Å²) in [7, 11) is 0. The van der Waals surface area contributed by atoms with Crippen LogP contribution in [0.3, 0.4) is 0 Å². The Morgan fingerprint density at radius 3 is 2.32 bits per heavy atom. The van der Waals surface area contributed by atoms with Gasteiger partial charge in [-0.3, -0.25) is 0 Å². The maximum Gasteiger partial charge on any atom is 0.0595 e. The fraction of sp³-hybridized carbons (Fsp3) is 0.600. The molecule has 0 aliphatic carbocycles. The molecule has 0 saturated heterocycles. The van der Waals surface area contributed by atoms with E-state index in [1.54, 1.807) is 0 Å². The van der Waals surface area contributed by atoms with E-state index in [1.807, 2.05) is 18.2 Å². The zero-order valence-electron chi connectivity index (χ0n) is 12.0. The average Bonchev–Trinajstić information content (AvgIpc) is 2.30. The predicted molar refractivity (Wildman–Crippen MR) is 83.0 cm³/mol. The van der Waals surface area contributed by atoms with E-state index in [1.165, 1.54) is 0 Å². The van der Waals surface area contributed by atoms with Crippen LogP contribution in [0.15, 0.2) is 18.2 Å². The molecule has 1 aromatic rings. The smallest absolute Gasteiger partial charge is 0.0595 e. The summed E-state index contributed by atoms with van der Waals surface area (Å²) in [6.45, 7) is 8.78. The van der Waals surface area contributed by atoms with Gasteiger partial charge in [0.25, 0.3) is 0 Å². The van der Waals surface area contributed by atoms with Gasteiger partial charge in [0, 0.05) is 18.7 Å². The Kier molecular flexibility index (Phi) is 6.13. The molecule has 19 heavy (non-hydrogen) atoms. The Morgan fingerprint density at radius 1 is 1.21 bits per heavy atom. The summed E-state index contributed by atoms with van der Waals surface area (Å²) in [6.07, 6.45) is 0.731. The van der Waals surface area contributed by atoms with Gasteiger partial charge in [0.05, 0.1) is 10.0 Å². The highest BCUT2D eigenvalue weighted by Crippen LogP contribution is 2.28. The fourth-order valence-corrected chi connectivity index (χ4v) is 2.38. The van der Waals surface area contributed by atoms with Crippen molar-refractivity contribution in [2.24, 2.45) is 5.41 Å². The molecular formula is C15H23Cl2NO. The minimum atomic E-state index is 0.0905. The molecule has 1 aromatic carbocycles. The molecule has 0 aromatic heterocycles. The third-order valence-electron chi connectivity index (χ3n) is 3.36. The lowest BCUT2D eigenvalue weighted by Crippen LogP contribution is -2.42. The zero-order valence-corrected chi connectivity index (χ0v) is 13.5. The van der Waals surface area contributed by atoms with E-state index in [9.17, 15) is 5.11 Å². The molecule has 2 unspecified atom stereocenters. The Morgan fingerprint density at radius 2 is 1.84 bits per heavy atom. The van der Waals surface area contributed by atoms with Crippen LogP contribution in [0.1, 0.15) is 45.7 Å². The first kappa shape index (κ1) is 16.8. The fourth-order valence-electron chi connectivity index (χ4n) is 2.08. The van der Waals surface area contributed by atoms with Gasteiger partial charge in [-0.2, -0.15) is 0 Å². The summed E-state index contributed by atoms with van der Waals surface area (Å²) in [4.78, 5) is 0. The minimum absolute atomic E-state index is 0.0905. The minimum Gasteiger partial charge on any atom is -0.396 e. The van der Waals surface area contributed by atoms with Gasteiger partial charge in [-0.15, -0.1) is 0 Å². The maximum atomic E-state index is 9.19. The monoisotopic (exact) mass is 303 g/mol. The van der Waals surface area contributed by atoms with Gasteiger partial charge in [-0.1, -0.05) is 50.0 Å². The Bertz CT molecular complexity index is 415. The van der Waals surface area contributed by atoms with Crippen molar-refractivity contribution in [3.63, 3.8) is 0 Å². The standard InChI is InChI=1S/C15H23Cl2NO/c1-10(11-5-6-12(16)13(17)9-11)18-14(7-8-19)15(2,3)4/h5-6,9-10,14,18-19H,7-8H2,1-4H3. The van der Waals surface area contributed by atoms with Crippen LogP contribution in [0, 0.1) is 5.41 Å². The number of benzene rings is 1. The second kappa shape index (κ2) is 6.94. The first-order valence-corrected chi connectivity index (χ1v) is 7.33. The van der Waals surface area contributed by atoms with E-state index >= 15 is 0 Å². The van der Waals surface area contributed by atoms with Crippen molar-refractivity contribution in [2.45, 2.75) is 46.2 Å². The molecule has 0 radical (unpaired) electrons. The van der Waals surface area contributed by atoms with E-state index in [2.05, 4.69) is 33.0 Å². The van der Waals surface area contributed by atoms with Crippen LogP contribution >= 0.6 is 23.2 Å². The van der Waals surface area contributed by atoms with E-state index in [0.717, 1.165) is 12.0 Å². The molecule has 2 atom stereocenters. The quantitative estimate of drug-likeness (QED) is 0.843. The molecule has 0 amide bonds. The molecule has 0 saturated carbocycles. The Balaban J connectivity index is 2.81. The molecular weight excluding hydrogens is 281 g/mol. The highest BCUT2D eigenvalue weighted by molar-refractivity contribution is 6.42. The van der Waals surface area contributed by atoms with E-state index < -0.39 is 0 Å². The van der Waals surface area contributed by atoms with Gasteiger partial charge >= 0.3 is 0 Å². The van der Waals surface area contributed by atoms with E-state index in [4.69, 9.17) is 23.2 Å². The largest absolute Gasteiger partial charge is 0.396 e. The molecule has 4 heteroatoms. The van der Waals surface area contributed by atoms with Crippen LogP contribution < -0.4 is 5.32 Å². The van der Waals surface area contributed by atoms with Crippen molar-refractivity contribution in [1.82, 2.24) is 5.32 Å². The molecule has 0 aliphatic heterocycles. The number of rotatable bonds is 5. The van der Waals surface area contributed by atoms with Crippen molar-refractivity contribution in [3.05, 3.63) is 33.8 Å². The summed E-state index contributed by atoms with van der Waals surface area (Å²) >= 11 is 12.0. The normalized spacial score (nSPS) is 15.3. The van der Waals surface area contributed by atoms with Gasteiger partial charge in [-0.25, -0.2) is 0 Å². The van der Waals surface area contributed by atoms with Crippen molar-refractivity contribution in [2.75, 3.05) is 6.61 Å². The SMILES string of the molecule is CC(NC(CCO)C(C)(C)C)c1ccc(Cl)c(Cl)c1. The molecule has 2 N–H and O–H groups in total. The van der Waals surface area contributed by atoms with Crippen LogP contribution in [0.5, 0.6) is 0 Å². The number of hydrogen-bond acceptors (Lipinski definition) is 2. The molecule has 0 fully saturated rings. The van der Waals surface area contributed by atoms with Gasteiger partial charge in [0.2, 0.25) is 0 Å². The van der Waals surface area contributed by atoms with Crippen LogP contribution in [0.2, 0.25) is 10.0 Å². The average molecular weight is 304 g/mol. The number of aliphatic hydroxyl groups excluding tert-OH is 1. The number of nitrogens with one attached hydrogen (secondary N) is 1. The van der Waals surface area contributed by atoms with Crippen molar-refractivity contribution in [3.8, 4) is 0 Å². The molecule has 108 valence electrons. The van der Waals surface area contributed by atoms with Gasteiger partial charge in [0.15, 0.2) is 0 Å². The van der Waals surface area contributed by atoms with Crippen LogP contribution in [0.4, 0.5) is 0 Å². The highest BCUT2D eigenvalue weighted by atomic mass is 35.5. The summed E-state index contributed by atoms with van der Waals surface area (Å²) < 4.78 is 0. The number of aliphatic hydroxyl groups is 1. The summed E-state index contributed by atoms with van der Waals surface area (Å²) in [5, 5.41) is 13.9. The van der Waals surface area contributed by atoms with Crippen LogP contribution in [0.25, 0.3) is 0 Å². The highest BCUT2D eigenvalue weighted by Gasteiger charge is 2.25. The van der Waals surface area contributed by atoms with Crippen molar-refractivity contribution >= 4 is 23.2 Å². The van der Waals surface area contributed by atoms with Gasteiger partial charge < -0.3 is 10.4 Å². The third kappa shape index (κ3) is 4.96. The topological polar surface area (TPSA) is 32.3 Å². The molecule has 1 rings (SSSR count). The lowest BCUT2D eigenvalue weighted by molar-refractivity contribution is 0.188. The van der Waals surface area contributed by atoms with Gasteiger partial charge in [-0.05, 0) is 36.5 Å². The van der Waals surface area contributed by atoms with Crippen molar-refractivity contribution in [1.29, 1.82) is 0 Å². The predicted octanol–water partition coefficient (Wildman–Crippen LogP) is 4.44. The first-order chi connectivity index (χ1) is 8.75. The second-order valence-corrected chi connectivity index (χ2v) is 6.81. The van der Waals surface area contributed by atoms with E-state index in [0.29, 0.717) is 10.0 Å². The third-order valence-corrected chi connectivity index (χ3v) is 4.10. The molecule has 0 heterocycles. The molecule has 0 aliphatic rings. The number of halogens is 2. The second-order valence-electron chi connectivity index (χ2n) is 5.99. The van der Waals surface area contributed by atoms with Crippen LogP contribution in [-0.2, 0) is 0 Å². The summed E-state index contributed by atoms with van der Waals surface area (Å²) in [6, 6.07) is 6.08. The van der Waals surface area contributed by atoms with E-state index in [-0.39, 0.29) is 24.1 Å². The van der Waals surface area contributed by atoms with Gasteiger partial charge in [0.1, 0.15) is 0 Å². The molecule has 0 bridgehead atoms. The first-order valence-electron chi connectivity index (χ1n) is 6.57. The Labute approximate surface area is 126 Å². The summed E-state index contributed by atoms with van der Waals surface area (Å²) in [5.41, 5.74) is 1.19. The molecule has 0 spiro atoms. The number of hydrogen-bond donors (Lipinski definition) is 2. The lowest BCUT2D eigenvalue weighted by Gasteiger charge is -2.34. The zero-order chi connectivity index (χ0) is 14.6. The Hall–Kier alpha value is -0.280. The van der Waals surface area contributed by atoms with Crippen molar-refractivity contribution < 1.29 is 5.11 Å². The lowest BCUT2D eigenvalue weighted by atomic mass is 9.84. The molecule has 2 nitrogen and oxygen atoms in total. The van der Waals surface area contributed by atoms with Crippen LogP contribution in [-0.4, -0.2) is 17.8 Å². The summed E-state index contributed by atoms with van der Waals surface area (Å²) in [5.74, 6) is 0. The maximum absolute atomic E-state index is 9.19.